The van der Waals surface area contributed by atoms with Crippen LogP contribution >= 0.6 is 0 Å². The highest BCUT2D eigenvalue weighted by atomic mass is 16.5. The van der Waals surface area contributed by atoms with Gasteiger partial charge in [0.1, 0.15) is 5.76 Å². The molecule has 78 valence electrons. The highest BCUT2D eigenvalue weighted by Crippen LogP contribution is 2.34. The molecule has 1 fully saturated rings. The predicted molar refractivity (Wildman–Crippen MR) is 57.5 cm³/mol. The van der Waals surface area contributed by atoms with Gasteiger partial charge in [-0.3, -0.25) is 4.48 Å². The topological polar surface area (TPSA) is 9.23 Å². The molecule has 0 amide bonds. The van der Waals surface area contributed by atoms with E-state index in [1.165, 1.54) is 38.8 Å². The fourth-order valence-corrected chi connectivity index (χ4v) is 2.86. The number of ether oxygens (including phenoxy) is 1. The minimum atomic E-state index is 0.507. The van der Waals surface area contributed by atoms with Crippen LogP contribution in [0, 0.1) is 0 Å². The average Bonchev–Trinajstić information content (AvgIpc) is 2.67. The van der Waals surface area contributed by atoms with E-state index in [4.69, 9.17) is 4.74 Å². The SMILES string of the molecule is C=C(OC)[C@H]1CCCC[N@@+]12C=CCC2. The van der Waals surface area contributed by atoms with Crippen LogP contribution in [0.15, 0.2) is 24.6 Å². The van der Waals surface area contributed by atoms with Crippen LogP contribution in [0.3, 0.4) is 0 Å². The predicted octanol–water partition coefficient (Wildman–Crippen LogP) is 2.43. The van der Waals surface area contributed by atoms with Gasteiger partial charge in [0.25, 0.3) is 0 Å². The van der Waals surface area contributed by atoms with Gasteiger partial charge in [0.15, 0.2) is 6.04 Å². The van der Waals surface area contributed by atoms with Crippen LogP contribution in [0.2, 0.25) is 0 Å². The molecule has 0 unspecified atom stereocenters. The van der Waals surface area contributed by atoms with Gasteiger partial charge in [0.05, 0.1) is 26.4 Å². The summed E-state index contributed by atoms with van der Waals surface area (Å²) in [4.78, 5) is 0. The third kappa shape index (κ3) is 1.48. The van der Waals surface area contributed by atoms with Crippen LogP contribution < -0.4 is 0 Å². The maximum absolute atomic E-state index is 5.33. The normalized spacial score (nSPS) is 36.2. The van der Waals surface area contributed by atoms with Gasteiger partial charge in [-0.15, -0.1) is 0 Å². The lowest BCUT2D eigenvalue weighted by Crippen LogP contribution is -2.53. The zero-order valence-corrected chi connectivity index (χ0v) is 9.04. The Morgan fingerprint density at radius 2 is 2.29 bits per heavy atom. The first-order valence-electron chi connectivity index (χ1n) is 5.55. The van der Waals surface area contributed by atoms with Crippen molar-refractivity contribution in [2.24, 2.45) is 0 Å². The molecule has 0 saturated carbocycles. The monoisotopic (exact) mass is 194 g/mol. The first kappa shape index (κ1) is 9.78. The summed E-state index contributed by atoms with van der Waals surface area (Å²) in [6.07, 6.45) is 9.79. The van der Waals surface area contributed by atoms with Gasteiger partial charge >= 0.3 is 0 Å². The van der Waals surface area contributed by atoms with Crippen molar-refractivity contribution >= 4 is 0 Å². The zero-order valence-electron chi connectivity index (χ0n) is 9.04. The van der Waals surface area contributed by atoms with Crippen LogP contribution in [-0.2, 0) is 4.74 Å². The van der Waals surface area contributed by atoms with E-state index in [9.17, 15) is 0 Å². The van der Waals surface area contributed by atoms with E-state index in [2.05, 4.69) is 18.9 Å². The molecule has 2 heterocycles. The molecule has 2 aliphatic rings. The van der Waals surface area contributed by atoms with Crippen molar-refractivity contribution in [1.82, 2.24) is 0 Å². The van der Waals surface area contributed by atoms with E-state index in [-0.39, 0.29) is 0 Å². The van der Waals surface area contributed by atoms with E-state index in [0.29, 0.717) is 6.04 Å². The maximum Gasteiger partial charge on any atom is 0.150 e. The summed E-state index contributed by atoms with van der Waals surface area (Å²) in [6.45, 7) is 6.55. The van der Waals surface area contributed by atoms with E-state index >= 15 is 0 Å². The van der Waals surface area contributed by atoms with Crippen LogP contribution in [0.5, 0.6) is 0 Å². The lowest BCUT2D eigenvalue weighted by atomic mass is 9.98. The van der Waals surface area contributed by atoms with Crippen molar-refractivity contribution < 1.29 is 9.22 Å². The van der Waals surface area contributed by atoms with Gasteiger partial charge in [-0.2, -0.15) is 0 Å². The summed E-state index contributed by atoms with van der Waals surface area (Å²) in [5.74, 6) is 0.969. The smallest absolute Gasteiger partial charge is 0.150 e. The molecule has 2 heteroatoms. The third-order valence-corrected chi connectivity index (χ3v) is 3.67. The number of hydrogen-bond donors (Lipinski definition) is 0. The number of hydrogen-bond acceptors (Lipinski definition) is 1. The van der Waals surface area contributed by atoms with Crippen molar-refractivity contribution in [1.29, 1.82) is 0 Å². The third-order valence-electron chi connectivity index (χ3n) is 3.67. The zero-order chi connectivity index (χ0) is 10.0. The van der Waals surface area contributed by atoms with Gasteiger partial charge in [0, 0.05) is 12.8 Å². The van der Waals surface area contributed by atoms with Crippen LogP contribution in [0.1, 0.15) is 25.7 Å². The fraction of sp³-hybridized carbons (Fsp3) is 0.667. The summed E-state index contributed by atoms with van der Waals surface area (Å²) in [7, 11) is 1.74. The number of quaternary nitrogens is 1. The first-order chi connectivity index (χ1) is 6.78. The molecule has 2 atom stereocenters. The fourth-order valence-electron chi connectivity index (χ4n) is 2.86. The summed E-state index contributed by atoms with van der Waals surface area (Å²) >= 11 is 0. The minimum Gasteiger partial charge on any atom is -0.495 e. The van der Waals surface area contributed by atoms with Crippen molar-refractivity contribution in [2.45, 2.75) is 31.7 Å². The number of nitrogens with zero attached hydrogens (tertiary/aromatic N) is 1. The van der Waals surface area contributed by atoms with E-state index in [0.717, 1.165) is 10.2 Å². The number of rotatable bonds is 2. The van der Waals surface area contributed by atoms with Gasteiger partial charge in [0.2, 0.25) is 0 Å². The highest BCUT2D eigenvalue weighted by molar-refractivity contribution is 4.98. The van der Waals surface area contributed by atoms with Crippen molar-refractivity contribution in [3.05, 3.63) is 24.6 Å². The summed E-state index contributed by atoms with van der Waals surface area (Å²) in [6, 6.07) is 0.507. The average molecular weight is 194 g/mol. The van der Waals surface area contributed by atoms with Gasteiger partial charge in [-0.1, -0.05) is 6.58 Å². The van der Waals surface area contributed by atoms with Gasteiger partial charge < -0.3 is 4.74 Å². The Balaban J connectivity index is 2.19. The molecule has 2 rings (SSSR count). The standard InChI is InChI=1S/C12H20NO/c1-11(14-2)12-7-3-4-8-13(12)9-5-6-10-13/h5,9,12H,1,3-4,6-8,10H2,2H3/q+1/t12-,13+/m1/s1. The largest absolute Gasteiger partial charge is 0.495 e. The Hall–Kier alpha value is -0.760. The van der Waals surface area contributed by atoms with Gasteiger partial charge in [-0.05, 0) is 18.9 Å². The lowest BCUT2D eigenvalue weighted by molar-refractivity contribution is -0.900. The van der Waals surface area contributed by atoms with Crippen LogP contribution in [-0.4, -0.2) is 30.7 Å². The molecule has 0 aromatic carbocycles. The molecule has 0 aromatic rings. The maximum atomic E-state index is 5.33. The summed E-state index contributed by atoms with van der Waals surface area (Å²) in [5.41, 5.74) is 0. The Labute approximate surface area is 86.4 Å². The molecule has 0 N–H and O–H groups in total. The molecule has 1 saturated heterocycles. The Morgan fingerprint density at radius 3 is 2.93 bits per heavy atom. The molecule has 14 heavy (non-hydrogen) atoms. The van der Waals surface area contributed by atoms with Crippen molar-refractivity contribution in [2.75, 3.05) is 20.2 Å². The number of methoxy groups -OCH3 is 1. The van der Waals surface area contributed by atoms with Gasteiger partial charge in [-0.25, -0.2) is 0 Å². The molecule has 0 aliphatic carbocycles. The quantitative estimate of drug-likeness (QED) is 0.484. The molecule has 0 aromatic heterocycles. The van der Waals surface area contributed by atoms with E-state index in [1.807, 2.05) is 0 Å². The lowest BCUT2D eigenvalue weighted by Gasteiger charge is -2.42. The molecule has 1 spiro atoms. The second-order valence-electron chi connectivity index (χ2n) is 4.41. The van der Waals surface area contributed by atoms with E-state index in [1.54, 1.807) is 7.11 Å². The highest BCUT2D eigenvalue weighted by Gasteiger charge is 2.41. The van der Waals surface area contributed by atoms with Crippen molar-refractivity contribution in [3.63, 3.8) is 0 Å². The Morgan fingerprint density at radius 1 is 1.43 bits per heavy atom. The van der Waals surface area contributed by atoms with E-state index < -0.39 is 0 Å². The molecular weight excluding hydrogens is 174 g/mol. The second-order valence-corrected chi connectivity index (χ2v) is 4.41. The molecule has 0 radical (unpaired) electrons. The van der Waals surface area contributed by atoms with Crippen LogP contribution in [0.25, 0.3) is 0 Å². The Kier molecular flexibility index (Phi) is 2.64. The van der Waals surface area contributed by atoms with Crippen LogP contribution in [0.4, 0.5) is 0 Å². The Bertz CT molecular complexity index is 259. The number of piperidine rings is 1. The molecule has 0 bridgehead atoms. The van der Waals surface area contributed by atoms with Crippen molar-refractivity contribution in [3.8, 4) is 0 Å². The summed E-state index contributed by atoms with van der Waals surface area (Å²) < 4.78 is 6.44. The molecule has 2 nitrogen and oxygen atoms in total. The summed E-state index contributed by atoms with van der Waals surface area (Å²) in [5, 5.41) is 0. The molecular formula is C12H20NO+. The molecule has 2 aliphatic heterocycles. The second kappa shape index (κ2) is 3.77. The minimum absolute atomic E-state index is 0.507. The first-order valence-corrected chi connectivity index (χ1v) is 5.55.